The summed E-state index contributed by atoms with van der Waals surface area (Å²) >= 11 is 0. The third-order valence-corrected chi connectivity index (χ3v) is 4.78. The molecule has 0 atom stereocenters. The van der Waals surface area contributed by atoms with Crippen molar-refractivity contribution in [2.75, 3.05) is 37.6 Å². The minimum Gasteiger partial charge on any atom is -0.353 e. The van der Waals surface area contributed by atoms with Crippen LogP contribution in [-0.2, 0) is 11.0 Å². The summed E-state index contributed by atoms with van der Waals surface area (Å²) in [6, 6.07) is 5.76. The van der Waals surface area contributed by atoms with Crippen LogP contribution in [-0.4, -0.2) is 59.4 Å². The van der Waals surface area contributed by atoms with Crippen LogP contribution in [0.25, 0.3) is 0 Å². The summed E-state index contributed by atoms with van der Waals surface area (Å²) in [6.07, 6.45) is -4.46. The Labute approximate surface area is 171 Å². The molecule has 1 aliphatic rings. The van der Waals surface area contributed by atoms with Gasteiger partial charge in [-0.25, -0.2) is 9.97 Å². The molecule has 1 fully saturated rings. The average Bonchev–Trinajstić information content (AvgIpc) is 2.70. The third-order valence-electron chi connectivity index (χ3n) is 4.78. The molecule has 2 amide bonds. The normalized spacial score (nSPS) is 14.6. The van der Waals surface area contributed by atoms with Crippen molar-refractivity contribution in [3.63, 3.8) is 0 Å². The van der Waals surface area contributed by atoms with Gasteiger partial charge in [-0.15, -0.1) is 0 Å². The number of nitrogens with zero attached hydrogens (tertiary/aromatic N) is 4. The number of halogens is 3. The Hall–Kier alpha value is -3.17. The molecule has 3 rings (SSSR count). The van der Waals surface area contributed by atoms with Crippen LogP contribution >= 0.6 is 0 Å². The van der Waals surface area contributed by atoms with Crippen LogP contribution in [0.15, 0.2) is 30.3 Å². The SMILES string of the molecule is Cc1cc(N2CCN(C(=O)CNC(=O)c3ccc(C(F)(F)F)cc3)CC2)nc(C)n1. The monoisotopic (exact) mass is 421 g/mol. The number of aromatic nitrogens is 2. The Kier molecular flexibility index (Phi) is 6.23. The smallest absolute Gasteiger partial charge is 0.353 e. The maximum Gasteiger partial charge on any atom is 0.416 e. The van der Waals surface area contributed by atoms with Gasteiger partial charge in [0, 0.05) is 43.5 Å². The molecule has 2 heterocycles. The summed E-state index contributed by atoms with van der Waals surface area (Å²) < 4.78 is 37.8. The number of hydrogen-bond acceptors (Lipinski definition) is 5. The van der Waals surface area contributed by atoms with E-state index < -0.39 is 17.6 Å². The van der Waals surface area contributed by atoms with Gasteiger partial charge in [-0.3, -0.25) is 9.59 Å². The Balaban J connectivity index is 1.49. The summed E-state index contributed by atoms with van der Waals surface area (Å²) in [6.45, 7) is 5.69. The van der Waals surface area contributed by atoms with Gasteiger partial charge in [-0.05, 0) is 38.1 Å². The van der Waals surface area contributed by atoms with E-state index in [1.54, 1.807) is 4.90 Å². The van der Waals surface area contributed by atoms with Crippen LogP contribution in [0.5, 0.6) is 0 Å². The van der Waals surface area contributed by atoms with Gasteiger partial charge in [-0.2, -0.15) is 13.2 Å². The molecule has 1 aromatic heterocycles. The standard InChI is InChI=1S/C20H22F3N5O2/c1-13-11-17(26-14(2)25-13)27-7-9-28(10-8-27)18(29)12-24-19(30)15-3-5-16(6-4-15)20(21,22)23/h3-6,11H,7-10,12H2,1-2H3,(H,24,30). The number of rotatable bonds is 4. The molecule has 0 saturated carbocycles. The molecule has 0 bridgehead atoms. The van der Waals surface area contributed by atoms with Crippen LogP contribution in [0.4, 0.5) is 19.0 Å². The molecule has 0 aliphatic carbocycles. The lowest BCUT2D eigenvalue weighted by Gasteiger charge is -2.35. The molecular formula is C20H22F3N5O2. The molecule has 0 spiro atoms. The van der Waals surface area contributed by atoms with Crippen molar-refractivity contribution >= 4 is 17.6 Å². The first-order valence-electron chi connectivity index (χ1n) is 9.44. The second-order valence-electron chi connectivity index (χ2n) is 7.04. The summed E-state index contributed by atoms with van der Waals surface area (Å²) in [4.78, 5) is 36.9. The Morgan fingerprint density at radius 3 is 2.23 bits per heavy atom. The molecule has 1 aliphatic heterocycles. The molecule has 7 nitrogen and oxygen atoms in total. The van der Waals surface area contributed by atoms with E-state index in [1.807, 2.05) is 19.9 Å². The zero-order chi connectivity index (χ0) is 21.9. The van der Waals surface area contributed by atoms with E-state index in [1.165, 1.54) is 0 Å². The van der Waals surface area contributed by atoms with Crippen molar-refractivity contribution in [3.8, 4) is 0 Å². The second-order valence-corrected chi connectivity index (χ2v) is 7.04. The number of carbonyl (C=O) groups excluding carboxylic acids is 2. The first kappa shape index (κ1) is 21.5. The van der Waals surface area contributed by atoms with E-state index in [9.17, 15) is 22.8 Å². The number of carbonyl (C=O) groups is 2. The topological polar surface area (TPSA) is 78.4 Å². The second kappa shape index (κ2) is 8.68. The summed E-state index contributed by atoms with van der Waals surface area (Å²) in [5, 5.41) is 2.47. The highest BCUT2D eigenvalue weighted by atomic mass is 19.4. The molecule has 10 heteroatoms. The van der Waals surface area contributed by atoms with Gasteiger partial charge in [0.2, 0.25) is 5.91 Å². The number of hydrogen-bond donors (Lipinski definition) is 1. The van der Waals surface area contributed by atoms with Crippen LogP contribution < -0.4 is 10.2 Å². The molecule has 30 heavy (non-hydrogen) atoms. The van der Waals surface area contributed by atoms with Gasteiger partial charge < -0.3 is 15.1 Å². The van der Waals surface area contributed by atoms with Gasteiger partial charge in [-0.1, -0.05) is 0 Å². The fourth-order valence-corrected chi connectivity index (χ4v) is 3.22. The lowest BCUT2D eigenvalue weighted by Crippen LogP contribution is -2.51. The molecule has 1 N–H and O–H groups in total. The van der Waals surface area contributed by atoms with Gasteiger partial charge in [0.05, 0.1) is 12.1 Å². The van der Waals surface area contributed by atoms with E-state index >= 15 is 0 Å². The Bertz CT molecular complexity index is 903. The number of alkyl halides is 3. The molecule has 160 valence electrons. The Morgan fingerprint density at radius 2 is 1.67 bits per heavy atom. The van der Waals surface area contributed by atoms with E-state index in [4.69, 9.17) is 0 Å². The fourth-order valence-electron chi connectivity index (χ4n) is 3.22. The first-order chi connectivity index (χ1) is 14.1. The number of nitrogens with one attached hydrogen (secondary N) is 1. The van der Waals surface area contributed by atoms with Crippen LogP contribution in [0.3, 0.4) is 0 Å². The van der Waals surface area contributed by atoms with E-state index in [-0.39, 0.29) is 18.0 Å². The van der Waals surface area contributed by atoms with Gasteiger partial charge >= 0.3 is 6.18 Å². The van der Waals surface area contributed by atoms with E-state index in [2.05, 4.69) is 20.2 Å². The number of anilines is 1. The van der Waals surface area contributed by atoms with Crippen molar-refractivity contribution in [1.29, 1.82) is 0 Å². The number of aryl methyl sites for hydroxylation is 2. The van der Waals surface area contributed by atoms with Crippen molar-refractivity contribution in [2.24, 2.45) is 0 Å². The van der Waals surface area contributed by atoms with Gasteiger partial charge in [0.15, 0.2) is 0 Å². The van der Waals surface area contributed by atoms with Crippen molar-refractivity contribution in [3.05, 3.63) is 53.0 Å². The highest BCUT2D eigenvalue weighted by molar-refractivity contribution is 5.96. The lowest BCUT2D eigenvalue weighted by atomic mass is 10.1. The Morgan fingerprint density at radius 1 is 1.03 bits per heavy atom. The summed E-state index contributed by atoms with van der Waals surface area (Å²) in [7, 11) is 0. The minimum absolute atomic E-state index is 0.0649. The number of amides is 2. The van der Waals surface area contributed by atoms with Gasteiger partial charge in [0.1, 0.15) is 11.6 Å². The fraction of sp³-hybridized carbons (Fsp3) is 0.400. The number of piperazine rings is 1. The predicted molar refractivity (Wildman–Crippen MR) is 104 cm³/mol. The highest BCUT2D eigenvalue weighted by Gasteiger charge is 2.30. The highest BCUT2D eigenvalue weighted by Crippen LogP contribution is 2.29. The minimum atomic E-state index is -4.46. The van der Waals surface area contributed by atoms with Crippen LogP contribution in [0.2, 0.25) is 0 Å². The number of benzene rings is 1. The summed E-state index contributed by atoms with van der Waals surface area (Å²) in [5.74, 6) is 0.671. The zero-order valence-electron chi connectivity index (χ0n) is 16.7. The molecule has 2 aromatic rings. The van der Waals surface area contributed by atoms with Crippen molar-refractivity contribution in [1.82, 2.24) is 20.2 Å². The predicted octanol–water partition coefficient (Wildman–Crippen LogP) is 2.19. The molecule has 0 radical (unpaired) electrons. The van der Waals surface area contributed by atoms with Gasteiger partial charge in [0.25, 0.3) is 5.91 Å². The van der Waals surface area contributed by atoms with Crippen molar-refractivity contribution < 1.29 is 22.8 Å². The van der Waals surface area contributed by atoms with Crippen molar-refractivity contribution in [2.45, 2.75) is 20.0 Å². The first-order valence-corrected chi connectivity index (χ1v) is 9.44. The molecular weight excluding hydrogens is 399 g/mol. The quantitative estimate of drug-likeness (QED) is 0.819. The van der Waals surface area contributed by atoms with Crippen LogP contribution in [0, 0.1) is 13.8 Å². The zero-order valence-corrected chi connectivity index (χ0v) is 16.7. The molecule has 1 aromatic carbocycles. The third kappa shape index (κ3) is 5.25. The average molecular weight is 421 g/mol. The maximum absolute atomic E-state index is 12.6. The molecule has 1 saturated heterocycles. The lowest BCUT2D eigenvalue weighted by molar-refractivity contribution is -0.137. The van der Waals surface area contributed by atoms with E-state index in [0.717, 1.165) is 35.8 Å². The summed E-state index contributed by atoms with van der Waals surface area (Å²) in [5.41, 5.74) is 0.110. The largest absolute Gasteiger partial charge is 0.416 e. The maximum atomic E-state index is 12.6. The molecule has 0 unspecified atom stereocenters. The van der Waals surface area contributed by atoms with E-state index in [0.29, 0.717) is 32.0 Å². The van der Waals surface area contributed by atoms with Crippen LogP contribution in [0.1, 0.15) is 27.4 Å².